The van der Waals surface area contributed by atoms with Crippen LogP contribution in [0.1, 0.15) is 34.7 Å². The van der Waals surface area contributed by atoms with Crippen molar-refractivity contribution in [1.29, 1.82) is 10.5 Å². The highest BCUT2D eigenvalue weighted by atomic mass is 79.9. The molecule has 0 saturated carbocycles. The molecule has 0 unspecified atom stereocenters. The average molecular weight is 530 g/mol. The first-order valence-corrected chi connectivity index (χ1v) is 11.7. The van der Waals surface area contributed by atoms with E-state index in [0.717, 1.165) is 16.7 Å². The van der Waals surface area contributed by atoms with Crippen molar-refractivity contribution in [2.75, 3.05) is 11.9 Å². The second-order valence-corrected chi connectivity index (χ2v) is 8.54. The lowest BCUT2D eigenvalue weighted by atomic mass is 10.1. The molecule has 1 amide bonds. The van der Waals surface area contributed by atoms with E-state index in [9.17, 15) is 15.3 Å². The number of rotatable bonds is 8. The summed E-state index contributed by atoms with van der Waals surface area (Å²) in [5, 5.41) is 21.8. The van der Waals surface area contributed by atoms with E-state index in [4.69, 9.17) is 9.47 Å². The molecular formula is C28H24BrN3O3. The number of ether oxygens (including phenoxy) is 2. The van der Waals surface area contributed by atoms with Gasteiger partial charge in [-0.3, -0.25) is 4.79 Å². The third-order valence-electron chi connectivity index (χ3n) is 5.40. The molecule has 0 aliphatic heterocycles. The van der Waals surface area contributed by atoms with Crippen molar-refractivity contribution < 1.29 is 14.3 Å². The van der Waals surface area contributed by atoms with Gasteiger partial charge in [-0.2, -0.15) is 10.5 Å². The molecule has 0 spiro atoms. The van der Waals surface area contributed by atoms with Crippen molar-refractivity contribution in [2.45, 2.75) is 27.4 Å². The molecule has 6 nitrogen and oxygen atoms in total. The number of benzene rings is 3. The molecule has 1 N–H and O–H groups in total. The molecular weight excluding hydrogens is 506 g/mol. The van der Waals surface area contributed by atoms with Gasteiger partial charge in [0.1, 0.15) is 18.2 Å². The van der Waals surface area contributed by atoms with E-state index in [-0.39, 0.29) is 12.2 Å². The average Bonchev–Trinajstić information content (AvgIpc) is 2.86. The minimum Gasteiger partial charge on any atom is -0.490 e. The van der Waals surface area contributed by atoms with Crippen LogP contribution in [-0.2, 0) is 11.4 Å². The van der Waals surface area contributed by atoms with Crippen LogP contribution >= 0.6 is 15.9 Å². The zero-order valence-corrected chi connectivity index (χ0v) is 21.3. The predicted molar refractivity (Wildman–Crippen MR) is 139 cm³/mol. The summed E-state index contributed by atoms with van der Waals surface area (Å²) in [6.45, 7) is 6.31. The topological polar surface area (TPSA) is 95.1 Å². The molecule has 0 heterocycles. The summed E-state index contributed by atoms with van der Waals surface area (Å²) in [4.78, 5) is 12.8. The molecule has 3 aromatic rings. The Kier molecular flexibility index (Phi) is 8.67. The number of halogens is 1. The van der Waals surface area contributed by atoms with Gasteiger partial charge in [0.05, 0.1) is 18.2 Å². The zero-order valence-electron chi connectivity index (χ0n) is 19.7. The summed E-state index contributed by atoms with van der Waals surface area (Å²) < 4.78 is 12.3. The molecule has 3 aromatic carbocycles. The third-order valence-corrected chi connectivity index (χ3v) is 6.09. The van der Waals surface area contributed by atoms with Crippen molar-refractivity contribution in [3.63, 3.8) is 0 Å². The van der Waals surface area contributed by atoms with Crippen molar-refractivity contribution in [3.8, 4) is 23.6 Å². The SMILES string of the molecule is CCOc1cc(/C=C(\C#N)C(=O)Nc2cccc(C)c2C)c(Br)cc1OCc1ccccc1C#N. The number of nitriles is 2. The number of nitrogens with one attached hydrogen (secondary N) is 1. The maximum atomic E-state index is 12.8. The van der Waals surface area contributed by atoms with Crippen LogP contribution in [0.4, 0.5) is 5.69 Å². The van der Waals surface area contributed by atoms with Gasteiger partial charge in [0, 0.05) is 15.7 Å². The van der Waals surface area contributed by atoms with Gasteiger partial charge in [-0.05, 0) is 67.8 Å². The fourth-order valence-electron chi connectivity index (χ4n) is 3.33. The minimum absolute atomic E-state index is 0.0503. The smallest absolute Gasteiger partial charge is 0.266 e. The largest absolute Gasteiger partial charge is 0.490 e. The maximum Gasteiger partial charge on any atom is 0.266 e. The molecule has 0 aliphatic rings. The van der Waals surface area contributed by atoms with Crippen LogP contribution in [0.3, 0.4) is 0 Å². The summed E-state index contributed by atoms with van der Waals surface area (Å²) in [6.07, 6.45) is 1.50. The van der Waals surface area contributed by atoms with Gasteiger partial charge in [0.2, 0.25) is 0 Å². The Morgan fingerprint density at radius 2 is 1.80 bits per heavy atom. The van der Waals surface area contributed by atoms with E-state index < -0.39 is 5.91 Å². The van der Waals surface area contributed by atoms with Crippen molar-refractivity contribution in [2.24, 2.45) is 0 Å². The number of hydrogen-bond donors (Lipinski definition) is 1. The van der Waals surface area contributed by atoms with Gasteiger partial charge in [0.15, 0.2) is 11.5 Å². The number of carbonyl (C=O) groups excluding carboxylic acids is 1. The Bertz CT molecular complexity index is 1370. The van der Waals surface area contributed by atoms with Crippen LogP contribution < -0.4 is 14.8 Å². The third kappa shape index (κ3) is 6.29. The van der Waals surface area contributed by atoms with Gasteiger partial charge in [0.25, 0.3) is 5.91 Å². The maximum absolute atomic E-state index is 12.8. The molecule has 0 aromatic heterocycles. The molecule has 0 atom stereocenters. The first kappa shape index (κ1) is 25.6. The lowest BCUT2D eigenvalue weighted by Gasteiger charge is -2.15. The van der Waals surface area contributed by atoms with Gasteiger partial charge in [-0.1, -0.05) is 46.3 Å². The lowest BCUT2D eigenvalue weighted by molar-refractivity contribution is -0.112. The summed E-state index contributed by atoms with van der Waals surface area (Å²) in [5.74, 6) is 0.435. The van der Waals surface area contributed by atoms with Crippen LogP contribution in [0.2, 0.25) is 0 Å². The standard InChI is InChI=1S/C28H24BrN3O3/c1-4-34-26-13-22(12-23(16-31)28(33)32-25-11-7-8-18(2)19(25)3)24(29)14-27(26)35-17-21-10-6-5-9-20(21)15-30/h5-14H,4,17H2,1-3H3,(H,32,33)/b23-12+. The highest BCUT2D eigenvalue weighted by Gasteiger charge is 2.15. The normalized spacial score (nSPS) is 10.7. The van der Waals surface area contributed by atoms with Crippen LogP contribution in [-0.4, -0.2) is 12.5 Å². The van der Waals surface area contributed by atoms with Gasteiger partial charge in [-0.25, -0.2) is 0 Å². The summed E-state index contributed by atoms with van der Waals surface area (Å²) in [5.41, 5.74) is 4.48. The number of aryl methyl sites for hydroxylation is 1. The first-order chi connectivity index (χ1) is 16.9. The number of anilines is 1. The number of nitrogens with zero attached hydrogens (tertiary/aromatic N) is 2. The van der Waals surface area contributed by atoms with Crippen LogP contribution in [0.5, 0.6) is 11.5 Å². The van der Waals surface area contributed by atoms with Crippen molar-refractivity contribution >= 4 is 33.6 Å². The Morgan fingerprint density at radius 3 is 2.51 bits per heavy atom. The molecule has 0 fully saturated rings. The van der Waals surface area contributed by atoms with E-state index in [1.54, 1.807) is 30.3 Å². The van der Waals surface area contributed by atoms with Crippen molar-refractivity contribution in [1.82, 2.24) is 0 Å². The second kappa shape index (κ2) is 11.9. The number of amides is 1. The first-order valence-electron chi connectivity index (χ1n) is 10.9. The Labute approximate surface area is 213 Å². The Balaban J connectivity index is 1.88. The monoisotopic (exact) mass is 529 g/mol. The van der Waals surface area contributed by atoms with E-state index in [1.165, 1.54) is 6.08 Å². The molecule has 0 radical (unpaired) electrons. The molecule has 3 rings (SSSR count). The van der Waals surface area contributed by atoms with Crippen LogP contribution in [0, 0.1) is 36.5 Å². The van der Waals surface area contributed by atoms with E-state index in [0.29, 0.717) is 39.4 Å². The summed E-state index contributed by atoms with van der Waals surface area (Å²) in [6, 6.07) is 20.4. The minimum atomic E-state index is -0.500. The molecule has 7 heteroatoms. The number of carbonyl (C=O) groups is 1. The van der Waals surface area contributed by atoms with Crippen LogP contribution in [0.15, 0.2) is 64.6 Å². The number of hydrogen-bond acceptors (Lipinski definition) is 5. The zero-order chi connectivity index (χ0) is 25.4. The molecule has 35 heavy (non-hydrogen) atoms. The fourth-order valence-corrected chi connectivity index (χ4v) is 3.77. The molecule has 0 aliphatic carbocycles. The van der Waals surface area contributed by atoms with E-state index in [1.807, 2.05) is 51.1 Å². The Hall–Kier alpha value is -4.07. The molecule has 0 saturated heterocycles. The van der Waals surface area contributed by atoms with Gasteiger partial charge in [-0.15, -0.1) is 0 Å². The Morgan fingerprint density at radius 1 is 1.06 bits per heavy atom. The summed E-state index contributed by atoms with van der Waals surface area (Å²) >= 11 is 3.51. The van der Waals surface area contributed by atoms with E-state index in [2.05, 4.69) is 27.3 Å². The quantitative estimate of drug-likeness (QED) is 0.266. The molecule has 0 bridgehead atoms. The van der Waals surface area contributed by atoms with Crippen LogP contribution in [0.25, 0.3) is 6.08 Å². The van der Waals surface area contributed by atoms with Crippen molar-refractivity contribution in [3.05, 3.63) is 92.5 Å². The fraction of sp³-hybridized carbons (Fsp3) is 0.179. The lowest BCUT2D eigenvalue weighted by Crippen LogP contribution is -2.14. The van der Waals surface area contributed by atoms with Gasteiger partial charge >= 0.3 is 0 Å². The second-order valence-electron chi connectivity index (χ2n) is 7.68. The summed E-state index contributed by atoms with van der Waals surface area (Å²) in [7, 11) is 0. The highest BCUT2D eigenvalue weighted by molar-refractivity contribution is 9.10. The van der Waals surface area contributed by atoms with E-state index >= 15 is 0 Å². The molecule has 176 valence electrons. The predicted octanol–water partition coefficient (Wildman–Crippen LogP) is 6.46. The highest BCUT2D eigenvalue weighted by Crippen LogP contribution is 2.35. The van der Waals surface area contributed by atoms with Gasteiger partial charge < -0.3 is 14.8 Å².